The van der Waals surface area contributed by atoms with Crippen LogP contribution >= 0.6 is 15.9 Å². The lowest BCUT2D eigenvalue weighted by molar-refractivity contribution is 0.403. The van der Waals surface area contributed by atoms with E-state index in [9.17, 15) is 0 Å². The molecule has 2 aromatic rings. The summed E-state index contributed by atoms with van der Waals surface area (Å²) in [4.78, 5) is 8.11. The van der Waals surface area contributed by atoms with Gasteiger partial charge in [0.25, 0.3) is 0 Å². The summed E-state index contributed by atoms with van der Waals surface area (Å²) in [7, 11) is 1.56. The molecule has 2 rings (SSSR count). The molecular formula is C9H8BrN3O. The molecule has 0 radical (unpaired) electrons. The SMILES string of the molecule is COc1nc(N)nc2c(Br)cccc12. The zero-order valence-electron chi connectivity index (χ0n) is 7.49. The summed E-state index contributed by atoms with van der Waals surface area (Å²) in [6, 6.07) is 5.68. The van der Waals surface area contributed by atoms with Gasteiger partial charge in [0.05, 0.1) is 18.0 Å². The minimum absolute atomic E-state index is 0.209. The number of hydrogen-bond donors (Lipinski definition) is 1. The molecule has 0 aliphatic heterocycles. The average molecular weight is 254 g/mol. The minimum atomic E-state index is 0.209. The van der Waals surface area contributed by atoms with Crippen molar-refractivity contribution in [2.45, 2.75) is 0 Å². The van der Waals surface area contributed by atoms with Crippen molar-refractivity contribution in [1.82, 2.24) is 9.97 Å². The number of aromatic nitrogens is 2. The Bertz CT molecular complexity index is 487. The van der Waals surface area contributed by atoms with Gasteiger partial charge in [-0.2, -0.15) is 4.98 Å². The molecule has 4 nitrogen and oxygen atoms in total. The van der Waals surface area contributed by atoms with Gasteiger partial charge < -0.3 is 10.5 Å². The molecule has 0 spiro atoms. The van der Waals surface area contributed by atoms with Gasteiger partial charge in [0.2, 0.25) is 11.8 Å². The van der Waals surface area contributed by atoms with Crippen LogP contribution in [-0.2, 0) is 0 Å². The fraction of sp³-hybridized carbons (Fsp3) is 0.111. The van der Waals surface area contributed by atoms with Gasteiger partial charge in [-0.3, -0.25) is 0 Å². The number of benzene rings is 1. The summed E-state index contributed by atoms with van der Waals surface area (Å²) in [5.74, 6) is 0.704. The summed E-state index contributed by atoms with van der Waals surface area (Å²) in [5.41, 5.74) is 6.31. The Labute approximate surface area is 89.2 Å². The number of hydrogen-bond acceptors (Lipinski definition) is 4. The summed E-state index contributed by atoms with van der Waals surface area (Å²) >= 11 is 3.39. The van der Waals surface area contributed by atoms with Crippen molar-refractivity contribution in [1.29, 1.82) is 0 Å². The van der Waals surface area contributed by atoms with E-state index in [0.29, 0.717) is 5.88 Å². The highest BCUT2D eigenvalue weighted by Gasteiger charge is 2.07. The van der Waals surface area contributed by atoms with Crippen molar-refractivity contribution in [2.24, 2.45) is 0 Å². The van der Waals surface area contributed by atoms with Crippen molar-refractivity contribution in [3.05, 3.63) is 22.7 Å². The van der Waals surface area contributed by atoms with Crippen LogP contribution in [0.2, 0.25) is 0 Å². The predicted octanol–water partition coefficient (Wildman–Crippen LogP) is 1.98. The lowest BCUT2D eigenvalue weighted by atomic mass is 10.2. The first-order chi connectivity index (χ1) is 6.72. The summed E-state index contributed by atoms with van der Waals surface area (Å²) in [5, 5.41) is 0.844. The number of nitrogen functional groups attached to an aromatic ring is 1. The van der Waals surface area contributed by atoms with Crippen LogP contribution in [0, 0.1) is 0 Å². The Kier molecular flexibility index (Phi) is 2.25. The monoisotopic (exact) mass is 253 g/mol. The van der Waals surface area contributed by atoms with Crippen molar-refractivity contribution < 1.29 is 4.74 Å². The van der Waals surface area contributed by atoms with E-state index < -0.39 is 0 Å². The normalized spacial score (nSPS) is 10.4. The van der Waals surface area contributed by atoms with Crippen LogP contribution in [0.3, 0.4) is 0 Å². The zero-order chi connectivity index (χ0) is 10.1. The van der Waals surface area contributed by atoms with E-state index >= 15 is 0 Å². The number of nitrogens with zero attached hydrogens (tertiary/aromatic N) is 2. The Hall–Kier alpha value is -1.36. The van der Waals surface area contributed by atoms with Gasteiger partial charge in [0.1, 0.15) is 0 Å². The van der Waals surface area contributed by atoms with Crippen LogP contribution in [-0.4, -0.2) is 17.1 Å². The summed E-state index contributed by atoms with van der Waals surface area (Å²) < 4.78 is 5.99. The first-order valence-corrected chi connectivity index (χ1v) is 4.77. The molecule has 1 heterocycles. The third kappa shape index (κ3) is 1.39. The Balaban J connectivity index is 2.87. The van der Waals surface area contributed by atoms with Crippen LogP contribution in [0.5, 0.6) is 5.88 Å². The van der Waals surface area contributed by atoms with Crippen molar-refractivity contribution in [2.75, 3.05) is 12.8 Å². The largest absolute Gasteiger partial charge is 0.480 e. The second-order valence-corrected chi connectivity index (χ2v) is 3.58. The van der Waals surface area contributed by atoms with E-state index in [1.54, 1.807) is 7.11 Å². The van der Waals surface area contributed by atoms with Gasteiger partial charge in [-0.1, -0.05) is 6.07 Å². The smallest absolute Gasteiger partial charge is 0.226 e. The highest BCUT2D eigenvalue weighted by atomic mass is 79.9. The number of methoxy groups -OCH3 is 1. The quantitative estimate of drug-likeness (QED) is 0.845. The molecule has 1 aromatic heterocycles. The van der Waals surface area contributed by atoms with Crippen LogP contribution in [0.15, 0.2) is 22.7 Å². The second-order valence-electron chi connectivity index (χ2n) is 2.73. The average Bonchev–Trinajstić information content (AvgIpc) is 2.18. The highest BCUT2D eigenvalue weighted by molar-refractivity contribution is 9.10. The van der Waals surface area contributed by atoms with E-state index in [0.717, 1.165) is 15.4 Å². The highest BCUT2D eigenvalue weighted by Crippen LogP contribution is 2.28. The molecule has 0 aliphatic rings. The van der Waals surface area contributed by atoms with Gasteiger partial charge in [-0.25, -0.2) is 4.98 Å². The molecule has 0 bridgehead atoms. The van der Waals surface area contributed by atoms with E-state index in [-0.39, 0.29) is 5.95 Å². The molecule has 0 unspecified atom stereocenters. The molecule has 14 heavy (non-hydrogen) atoms. The standard InChI is InChI=1S/C9H8BrN3O/c1-14-8-5-3-2-4-6(10)7(5)12-9(11)13-8/h2-4H,1H3,(H2,11,12,13). The molecule has 0 aliphatic carbocycles. The summed E-state index contributed by atoms with van der Waals surface area (Å²) in [6.07, 6.45) is 0. The molecule has 0 saturated carbocycles. The second kappa shape index (κ2) is 3.42. The third-order valence-electron chi connectivity index (χ3n) is 1.85. The van der Waals surface area contributed by atoms with Crippen LogP contribution < -0.4 is 10.5 Å². The van der Waals surface area contributed by atoms with Crippen LogP contribution in [0.1, 0.15) is 0 Å². The van der Waals surface area contributed by atoms with E-state index in [1.807, 2.05) is 18.2 Å². The van der Waals surface area contributed by atoms with Gasteiger partial charge in [-0.15, -0.1) is 0 Å². The number of ether oxygens (including phenoxy) is 1. The number of halogens is 1. The molecule has 1 aromatic carbocycles. The zero-order valence-corrected chi connectivity index (χ0v) is 9.08. The van der Waals surface area contributed by atoms with E-state index in [4.69, 9.17) is 10.5 Å². The number of rotatable bonds is 1. The lowest BCUT2D eigenvalue weighted by Crippen LogP contribution is -1.98. The topological polar surface area (TPSA) is 61.0 Å². The molecule has 0 atom stereocenters. The number of nitrogens with two attached hydrogens (primary N) is 1. The Morgan fingerprint density at radius 2 is 2.14 bits per heavy atom. The maximum absolute atomic E-state index is 5.55. The molecule has 0 fully saturated rings. The van der Waals surface area contributed by atoms with Crippen molar-refractivity contribution in [3.8, 4) is 5.88 Å². The maximum Gasteiger partial charge on any atom is 0.226 e. The lowest BCUT2D eigenvalue weighted by Gasteiger charge is -2.05. The van der Waals surface area contributed by atoms with Crippen molar-refractivity contribution >= 4 is 32.8 Å². The first-order valence-electron chi connectivity index (χ1n) is 3.98. The maximum atomic E-state index is 5.55. The minimum Gasteiger partial charge on any atom is -0.480 e. The van der Waals surface area contributed by atoms with Crippen LogP contribution in [0.4, 0.5) is 5.95 Å². The Morgan fingerprint density at radius 1 is 1.36 bits per heavy atom. The molecular weight excluding hydrogens is 246 g/mol. The van der Waals surface area contributed by atoms with Gasteiger partial charge in [-0.05, 0) is 28.1 Å². The fourth-order valence-corrected chi connectivity index (χ4v) is 1.72. The van der Waals surface area contributed by atoms with Gasteiger partial charge in [0.15, 0.2) is 0 Å². The molecule has 5 heteroatoms. The Morgan fingerprint density at radius 3 is 2.86 bits per heavy atom. The number of anilines is 1. The van der Waals surface area contributed by atoms with Crippen molar-refractivity contribution in [3.63, 3.8) is 0 Å². The molecule has 0 amide bonds. The molecule has 72 valence electrons. The summed E-state index contributed by atoms with van der Waals surface area (Å²) in [6.45, 7) is 0. The fourth-order valence-electron chi connectivity index (χ4n) is 1.26. The third-order valence-corrected chi connectivity index (χ3v) is 2.49. The predicted molar refractivity (Wildman–Crippen MR) is 58.2 cm³/mol. The molecule has 2 N–H and O–H groups in total. The number of para-hydroxylation sites is 1. The number of fused-ring (bicyclic) bond motifs is 1. The van der Waals surface area contributed by atoms with E-state index in [1.165, 1.54) is 0 Å². The van der Waals surface area contributed by atoms with Gasteiger partial charge in [0, 0.05) is 4.47 Å². The van der Waals surface area contributed by atoms with Gasteiger partial charge >= 0.3 is 0 Å². The molecule has 0 saturated heterocycles. The van der Waals surface area contributed by atoms with Crippen LogP contribution in [0.25, 0.3) is 10.9 Å². The van der Waals surface area contributed by atoms with E-state index in [2.05, 4.69) is 25.9 Å². The first kappa shape index (κ1) is 9.21.